The molecule has 0 radical (unpaired) electrons. The fourth-order valence-corrected chi connectivity index (χ4v) is 1.65. The molecule has 0 unspecified atom stereocenters. The van der Waals surface area contributed by atoms with Crippen LogP contribution in [0.4, 0.5) is 13.2 Å². The molecule has 0 aliphatic carbocycles. The fourth-order valence-electron chi connectivity index (χ4n) is 1.40. The van der Waals surface area contributed by atoms with Crippen LogP contribution in [0.15, 0.2) is 29.1 Å². The van der Waals surface area contributed by atoms with Gasteiger partial charge in [0, 0.05) is 5.56 Å². The van der Waals surface area contributed by atoms with Crippen molar-refractivity contribution in [2.45, 2.75) is 6.36 Å². The van der Waals surface area contributed by atoms with E-state index in [1.54, 1.807) is 22.6 Å². The molecule has 9 heteroatoms. The van der Waals surface area contributed by atoms with Crippen molar-refractivity contribution in [3.63, 3.8) is 0 Å². The second-order valence-electron chi connectivity index (χ2n) is 3.62. The number of halogens is 4. The largest absolute Gasteiger partial charge is 0.573 e. The molecule has 5 nitrogen and oxygen atoms in total. The molecule has 1 heterocycles. The molecule has 2 aromatic rings. The van der Waals surface area contributed by atoms with Crippen LogP contribution in [0, 0.1) is 3.57 Å². The van der Waals surface area contributed by atoms with Crippen LogP contribution in [0.5, 0.6) is 11.6 Å². The molecule has 2 rings (SSSR count). The minimum Gasteiger partial charge on any atom is -0.492 e. The first-order valence-corrected chi connectivity index (χ1v) is 6.19. The Labute approximate surface area is 123 Å². The summed E-state index contributed by atoms with van der Waals surface area (Å²) >= 11 is 1.62. The lowest BCUT2D eigenvalue weighted by molar-refractivity contribution is -0.274. The number of hydrogen-bond donors (Lipinski definition) is 2. The summed E-state index contributed by atoms with van der Waals surface area (Å²) in [5, 5.41) is 9.44. The maximum Gasteiger partial charge on any atom is 0.573 e. The number of nitrogens with one attached hydrogen (secondary N) is 1. The number of benzene rings is 1. The molecule has 0 atom stereocenters. The van der Waals surface area contributed by atoms with Crippen LogP contribution in [0.25, 0.3) is 11.4 Å². The van der Waals surface area contributed by atoms with E-state index in [0.717, 1.165) is 12.1 Å². The predicted octanol–water partition coefficient (Wildman–Crippen LogP) is 2.65. The second kappa shape index (κ2) is 5.31. The highest BCUT2D eigenvalue weighted by Gasteiger charge is 2.31. The van der Waals surface area contributed by atoms with E-state index >= 15 is 0 Å². The zero-order valence-corrected chi connectivity index (χ0v) is 11.7. The summed E-state index contributed by atoms with van der Waals surface area (Å²) in [6.07, 6.45) is -4.77. The molecule has 106 valence electrons. The monoisotopic (exact) mass is 398 g/mol. The Morgan fingerprint density at radius 3 is 2.35 bits per heavy atom. The van der Waals surface area contributed by atoms with Crippen LogP contribution in [-0.2, 0) is 0 Å². The highest BCUT2D eigenvalue weighted by atomic mass is 127. The average molecular weight is 398 g/mol. The van der Waals surface area contributed by atoms with Gasteiger partial charge in [-0.15, -0.1) is 13.2 Å². The van der Waals surface area contributed by atoms with Crippen LogP contribution >= 0.6 is 22.6 Å². The van der Waals surface area contributed by atoms with Gasteiger partial charge in [0.2, 0.25) is 5.88 Å². The van der Waals surface area contributed by atoms with Gasteiger partial charge in [0.25, 0.3) is 5.56 Å². The minimum atomic E-state index is -4.77. The van der Waals surface area contributed by atoms with E-state index in [1.807, 2.05) is 0 Å². The third-order valence-corrected chi connectivity index (χ3v) is 3.18. The highest BCUT2D eigenvalue weighted by Crippen LogP contribution is 2.25. The SMILES string of the molecule is O=c1[nH]c(-c2ccc(OC(F)(F)F)cc2)nc(O)c1I. The number of alkyl halides is 3. The zero-order valence-electron chi connectivity index (χ0n) is 9.53. The van der Waals surface area contributed by atoms with Gasteiger partial charge in [-0.1, -0.05) is 0 Å². The molecule has 2 N–H and O–H groups in total. The summed E-state index contributed by atoms with van der Waals surface area (Å²) in [5.74, 6) is -0.787. The Morgan fingerprint density at radius 1 is 1.25 bits per heavy atom. The Bertz CT molecular complexity index is 683. The molecule has 20 heavy (non-hydrogen) atoms. The van der Waals surface area contributed by atoms with Gasteiger partial charge in [-0.3, -0.25) is 4.79 Å². The molecule has 1 aromatic heterocycles. The summed E-state index contributed by atoms with van der Waals surface area (Å²) in [4.78, 5) is 17.6. The summed E-state index contributed by atoms with van der Waals surface area (Å²) in [6.45, 7) is 0. The number of aromatic amines is 1. The summed E-state index contributed by atoms with van der Waals surface area (Å²) in [7, 11) is 0. The number of rotatable bonds is 2. The molecular formula is C11H6F3IN2O3. The number of nitrogens with zero attached hydrogens (tertiary/aromatic N) is 1. The van der Waals surface area contributed by atoms with E-state index in [0.29, 0.717) is 5.56 Å². The first-order valence-electron chi connectivity index (χ1n) is 5.11. The number of aromatic hydroxyl groups is 1. The third kappa shape index (κ3) is 3.40. The Balaban J connectivity index is 2.33. The van der Waals surface area contributed by atoms with E-state index in [2.05, 4.69) is 14.7 Å². The molecule has 0 fully saturated rings. The van der Waals surface area contributed by atoms with E-state index in [9.17, 15) is 23.1 Å². The van der Waals surface area contributed by atoms with Gasteiger partial charge >= 0.3 is 6.36 Å². The Morgan fingerprint density at radius 2 is 1.85 bits per heavy atom. The van der Waals surface area contributed by atoms with E-state index in [4.69, 9.17) is 0 Å². The van der Waals surface area contributed by atoms with Crippen LogP contribution < -0.4 is 10.3 Å². The van der Waals surface area contributed by atoms with Gasteiger partial charge in [-0.2, -0.15) is 4.98 Å². The molecule has 0 aliphatic heterocycles. The van der Waals surface area contributed by atoms with Crippen LogP contribution in [0.2, 0.25) is 0 Å². The van der Waals surface area contributed by atoms with Gasteiger partial charge in [-0.05, 0) is 46.9 Å². The first-order chi connectivity index (χ1) is 9.26. The predicted molar refractivity (Wildman–Crippen MR) is 71.4 cm³/mol. The maximum absolute atomic E-state index is 12.0. The van der Waals surface area contributed by atoms with Crippen molar-refractivity contribution >= 4 is 22.6 Å². The number of aromatic nitrogens is 2. The van der Waals surface area contributed by atoms with E-state index < -0.39 is 23.6 Å². The van der Waals surface area contributed by atoms with Gasteiger partial charge in [0.1, 0.15) is 15.1 Å². The van der Waals surface area contributed by atoms with Crippen molar-refractivity contribution in [1.29, 1.82) is 0 Å². The molecule has 1 aromatic carbocycles. The van der Waals surface area contributed by atoms with Crippen molar-refractivity contribution in [2.24, 2.45) is 0 Å². The lowest BCUT2D eigenvalue weighted by Gasteiger charge is -2.09. The van der Waals surface area contributed by atoms with Gasteiger partial charge in [0.05, 0.1) is 0 Å². The summed E-state index contributed by atoms with van der Waals surface area (Å²) in [6, 6.07) is 4.73. The topological polar surface area (TPSA) is 75.2 Å². The van der Waals surface area contributed by atoms with Gasteiger partial charge in [0.15, 0.2) is 0 Å². The second-order valence-corrected chi connectivity index (χ2v) is 4.70. The summed E-state index contributed by atoms with van der Waals surface area (Å²) < 4.78 is 39.7. The normalized spacial score (nSPS) is 11.4. The van der Waals surface area contributed by atoms with Crippen molar-refractivity contribution in [3.05, 3.63) is 38.2 Å². The van der Waals surface area contributed by atoms with Crippen molar-refractivity contribution in [2.75, 3.05) is 0 Å². The molecular weight excluding hydrogens is 392 g/mol. The molecule has 0 spiro atoms. The van der Waals surface area contributed by atoms with Crippen molar-refractivity contribution < 1.29 is 23.0 Å². The fraction of sp³-hybridized carbons (Fsp3) is 0.0909. The van der Waals surface area contributed by atoms with Crippen molar-refractivity contribution in [1.82, 2.24) is 9.97 Å². The highest BCUT2D eigenvalue weighted by molar-refractivity contribution is 14.1. The Kier molecular flexibility index (Phi) is 3.88. The lowest BCUT2D eigenvalue weighted by Crippen LogP contribution is -2.17. The van der Waals surface area contributed by atoms with Gasteiger partial charge in [-0.25, -0.2) is 0 Å². The number of hydrogen-bond acceptors (Lipinski definition) is 4. The zero-order chi connectivity index (χ0) is 14.9. The quantitative estimate of drug-likeness (QED) is 0.764. The molecule has 0 bridgehead atoms. The smallest absolute Gasteiger partial charge is 0.492 e. The Hall–Kier alpha value is -1.78. The van der Waals surface area contributed by atoms with Gasteiger partial charge < -0.3 is 14.8 Å². The van der Waals surface area contributed by atoms with Crippen LogP contribution in [-0.4, -0.2) is 21.4 Å². The van der Waals surface area contributed by atoms with Crippen LogP contribution in [0.1, 0.15) is 0 Å². The van der Waals surface area contributed by atoms with Crippen molar-refractivity contribution in [3.8, 4) is 23.0 Å². The summed E-state index contributed by atoms with van der Waals surface area (Å²) in [5.41, 5.74) is -0.202. The lowest BCUT2D eigenvalue weighted by atomic mass is 10.2. The molecule has 0 aliphatic rings. The van der Waals surface area contributed by atoms with Crippen LogP contribution in [0.3, 0.4) is 0 Å². The maximum atomic E-state index is 12.0. The number of H-pyrrole nitrogens is 1. The minimum absolute atomic E-state index is 0.0309. The standard InChI is InChI=1S/C11H6F3IN2O3/c12-11(13,14)20-6-3-1-5(2-4-6)8-16-9(18)7(15)10(19)17-8/h1-4H,(H2,16,17,18,19). The molecule has 0 saturated carbocycles. The third-order valence-electron chi connectivity index (χ3n) is 2.21. The first kappa shape index (κ1) is 14.6. The molecule has 0 saturated heterocycles. The molecule has 0 amide bonds. The average Bonchev–Trinajstić information content (AvgIpc) is 2.34. The number of ether oxygens (including phenoxy) is 1. The van der Waals surface area contributed by atoms with E-state index in [-0.39, 0.29) is 9.39 Å². The van der Waals surface area contributed by atoms with E-state index in [1.165, 1.54) is 12.1 Å².